The van der Waals surface area contributed by atoms with Crippen LogP contribution in [-0.2, 0) is 4.74 Å². The van der Waals surface area contributed by atoms with E-state index in [1.165, 1.54) is 19.3 Å². The Labute approximate surface area is 99.0 Å². The van der Waals surface area contributed by atoms with E-state index in [1.807, 2.05) is 0 Å². The highest BCUT2D eigenvalue weighted by Gasteiger charge is 2.24. The molecule has 0 radical (unpaired) electrons. The summed E-state index contributed by atoms with van der Waals surface area (Å²) in [4.78, 5) is 2.42. The highest BCUT2D eigenvalue weighted by atomic mass is 16.5. The fraction of sp³-hybridized carbons (Fsp3) is 1.00. The third kappa shape index (κ3) is 4.78. The normalized spacial score (nSPS) is 23.8. The standard InChI is InChI=1S/C12H26N2O2/c1-3-11-5-4-7-14(11)10-12(15)9-13-6-8-16-2/h11-13,15H,3-10H2,1-2H3. The van der Waals surface area contributed by atoms with Crippen molar-refractivity contribution >= 4 is 0 Å². The number of β-amino-alcohol motifs (C(OH)–C–C–N with tert-alkyl or cyclic N) is 1. The fourth-order valence-corrected chi connectivity index (χ4v) is 2.38. The lowest BCUT2D eigenvalue weighted by atomic mass is 10.1. The molecule has 16 heavy (non-hydrogen) atoms. The largest absolute Gasteiger partial charge is 0.390 e. The van der Waals surface area contributed by atoms with E-state index in [1.54, 1.807) is 7.11 Å². The lowest BCUT2D eigenvalue weighted by Crippen LogP contribution is -2.41. The summed E-state index contributed by atoms with van der Waals surface area (Å²) in [7, 11) is 1.69. The maximum absolute atomic E-state index is 9.88. The van der Waals surface area contributed by atoms with E-state index in [0.29, 0.717) is 19.2 Å². The molecule has 1 aliphatic rings. The van der Waals surface area contributed by atoms with Crippen LogP contribution in [0.1, 0.15) is 26.2 Å². The fourth-order valence-electron chi connectivity index (χ4n) is 2.38. The van der Waals surface area contributed by atoms with Crippen LogP contribution in [0.5, 0.6) is 0 Å². The number of aliphatic hydroxyl groups excluding tert-OH is 1. The van der Waals surface area contributed by atoms with Crippen LogP contribution in [0.3, 0.4) is 0 Å². The van der Waals surface area contributed by atoms with Crippen LogP contribution in [0.2, 0.25) is 0 Å². The number of ether oxygens (including phenoxy) is 1. The lowest BCUT2D eigenvalue weighted by molar-refractivity contribution is 0.101. The van der Waals surface area contributed by atoms with E-state index in [-0.39, 0.29) is 6.10 Å². The second-order valence-electron chi connectivity index (χ2n) is 4.55. The average molecular weight is 230 g/mol. The molecule has 0 amide bonds. The number of aliphatic hydroxyl groups is 1. The van der Waals surface area contributed by atoms with Crippen molar-refractivity contribution in [3.8, 4) is 0 Å². The molecule has 0 aromatic carbocycles. The molecule has 0 spiro atoms. The van der Waals surface area contributed by atoms with Gasteiger partial charge >= 0.3 is 0 Å². The second kappa shape index (κ2) is 8.01. The molecule has 1 rings (SSSR count). The Morgan fingerprint density at radius 1 is 1.56 bits per heavy atom. The molecule has 0 saturated carbocycles. The first-order chi connectivity index (χ1) is 7.77. The number of rotatable bonds is 8. The Kier molecular flexibility index (Phi) is 6.96. The smallest absolute Gasteiger partial charge is 0.0791 e. The first-order valence-electron chi connectivity index (χ1n) is 6.39. The van der Waals surface area contributed by atoms with Gasteiger partial charge in [0.1, 0.15) is 0 Å². The number of methoxy groups -OCH3 is 1. The molecular formula is C12H26N2O2. The zero-order valence-electron chi connectivity index (χ0n) is 10.6. The zero-order valence-corrected chi connectivity index (χ0v) is 10.6. The Morgan fingerprint density at radius 2 is 2.38 bits per heavy atom. The summed E-state index contributed by atoms with van der Waals surface area (Å²) in [6.45, 7) is 6.35. The predicted molar refractivity (Wildman–Crippen MR) is 65.6 cm³/mol. The SMILES string of the molecule is CCC1CCCN1CC(O)CNCCOC. The number of nitrogens with zero attached hydrogens (tertiary/aromatic N) is 1. The van der Waals surface area contributed by atoms with Crippen LogP contribution in [0.4, 0.5) is 0 Å². The molecule has 1 saturated heterocycles. The Hall–Kier alpha value is -0.160. The van der Waals surface area contributed by atoms with Crippen molar-refractivity contribution in [2.45, 2.75) is 38.3 Å². The zero-order chi connectivity index (χ0) is 11.8. The predicted octanol–water partition coefficient (Wildman–Crippen LogP) is 0.458. The summed E-state index contributed by atoms with van der Waals surface area (Å²) in [6, 6.07) is 0.689. The maximum atomic E-state index is 9.88. The van der Waals surface area contributed by atoms with Crippen LogP contribution >= 0.6 is 0 Å². The van der Waals surface area contributed by atoms with E-state index in [2.05, 4.69) is 17.1 Å². The maximum Gasteiger partial charge on any atom is 0.0791 e. The highest BCUT2D eigenvalue weighted by Crippen LogP contribution is 2.19. The van der Waals surface area contributed by atoms with Crippen LogP contribution in [0.25, 0.3) is 0 Å². The van der Waals surface area contributed by atoms with Crippen LogP contribution < -0.4 is 5.32 Å². The molecule has 2 unspecified atom stereocenters. The first kappa shape index (κ1) is 13.9. The Morgan fingerprint density at radius 3 is 3.06 bits per heavy atom. The average Bonchev–Trinajstić information content (AvgIpc) is 2.71. The van der Waals surface area contributed by atoms with Gasteiger partial charge in [-0.1, -0.05) is 6.92 Å². The van der Waals surface area contributed by atoms with Crippen molar-refractivity contribution in [2.75, 3.05) is 39.9 Å². The molecule has 1 heterocycles. The molecule has 4 nitrogen and oxygen atoms in total. The first-order valence-corrected chi connectivity index (χ1v) is 6.39. The third-order valence-corrected chi connectivity index (χ3v) is 3.28. The van der Waals surface area contributed by atoms with E-state index in [9.17, 15) is 5.11 Å². The van der Waals surface area contributed by atoms with E-state index < -0.39 is 0 Å². The second-order valence-corrected chi connectivity index (χ2v) is 4.55. The van der Waals surface area contributed by atoms with Crippen molar-refractivity contribution in [1.29, 1.82) is 0 Å². The van der Waals surface area contributed by atoms with Crippen molar-refractivity contribution in [3.63, 3.8) is 0 Å². The van der Waals surface area contributed by atoms with Gasteiger partial charge in [0, 0.05) is 32.8 Å². The summed E-state index contributed by atoms with van der Waals surface area (Å²) >= 11 is 0. The molecule has 0 bridgehead atoms. The van der Waals surface area contributed by atoms with Crippen LogP contribution in [0, 0.1) is 0 Å². The summed E-state index contributed by atoms with van der Waals surface area (Å²) in [5.74, 6) is 0. The molecule has 0 aliphatic carbocycles. The van der Waals surface area contributed by atoms with E-state index >= 15 is 0 Å². The van der Waals surface area contributed by atoms with Gasteiger partial charge in [-0.25, -0.2) is 0 Å². The van der Waals surface area contributed by atoms with Crippen molar-refractivity contribution < 1.29 is 9.84 Å². The molecular weight excluding hydrogens is 204 g/mol. The topological polar surface area (TPSA) is 44.7 Å². The Bertz CT molecular complexity index is 178. The summed E-state index contributed by atoms with van der Waals surface area (Å²) in [6.07, 6.45) is 3.51. The minimum Gasteiger partial charge on any atom is -0.390 e. The van der Waals surface area contributed by atoms with Gasteiger partial charge in [-0.05, 0) is 25.8 Å². The monoisotopic (exact) mass is 230 g/mol. The van der Waals surface area contributed by atoms with Gasteiger partial charge in [0.15, 0.2) is 0 Å². The highest BCUT2D eigenvalue weighted by molar-refractivity contribution is 4.80. The molecule has 2 atom stereocenters. The van der Waals surface area contributed by atoms with Gasteiger partial charge in [-0.15, -0.1) is 0 Å². The van der Waals surface area contributed by atoms with Gasteiger partial charge in [0.05, 0.1) is 12.7 Å². The minimum absolute atomic E-state index is 0.260. The van der Waals surface area contributed by atoms with E-state index in [4.69, 9.17) is 4.74 Å². The van der Waals surface area contributed by atoms with Crippen molar-refractivity contribution in [1.82, 2.24) is 10.2 Å². The van der Waals surface area contributed by atoms with Gasteiger partial charge in [-0.2, -0.15) is 0 Å². The number of nitrogens with one attached hydrogen (secondary N) is 1. The quantitative estimate of drug-likeness (QED) is 0.595. The Balaban J connectivity index is 2.10. The molecule has 1 aliphatic heterocycles. The molecule has 2 N–H and O–H groups in total. The van der Waals surface area contributed by atoms with Crippen LogP contribution in [-0.4, -0.2) is 62.0 Å². The van der Waals surface area contributed by atoms with Gasteiger partial charge in [0.25, 0.3) is 0 Å². The minimum atomic E-state index is -0.260. The van der Waals surface area contributed by atoms with Crippen molar-refractivity contribution in [3.05, 3.63) is 0 Å². The van der Waals surface area contributed by atoms with E-state index in [0.717, 1.165) is 19.6 Å². The van der Waals surface area contributed by atoms with Crippen molar-refractivity contribution in [2.24, 2.45) is 0 Å². The number of hydrogen-bond acceptors (Lipinski definition) is 4. The third-order valence-electron chi connectivity index (χ3n) is 3.28. The lowest BCUT2D eigenvalue weighted by Gasteiger charge is -2.26. The molecule has 96 valence electrons. The number of hydrogen-bond donors (Lipinski definition) is 2. The molecule has 0 aromatic rings. The summed E-state index contributed by atoms with van der Waals surface area (Å²) in [5, 5.41) is 13.1. The summed E-state index contributed by atoms with van der Waals surface area (Å²) in [5.41, 5.74) is 0. The molecule has 4 heteroatoms. The molecule has 0 aromatic heterocycles. The molecule has 1 fully saturated rings. The van der Waals surface area contributed by atoms with Gasteiger partial charge < -0.3 is 15.2 Å². The van der Waals surface area contributed by atoms with Crippen LogP contribution in [0.15, 0.2) is 0 Å². The summed E-state index contributed by atoms with van der Waals surface area (Å²) < 4.78 is 4.94. The number of likely N-dealkylation sites (tertiary alicyclic amines) is 1. The van der Waals surface area contributed by atoms with Gasteiger partial charge in [0.2, 0.25) is 0 Å². The van der Waals surface area contributed by atoms with Gasteiger partial charge in [-0.3, -0.25) is 4.90 Å².